The van der Waals surface area contributed by atoms with Crippen LogP contribution in [0.15, 0.2) is 24.3 Å². The highest BCUT2D eigenvalue weighted by Crippen LogP contribution is 2.24. The molecular weight excluding hydrogens is 266 g/mol. The zero-order valence-corrected chi connectivity index (χ0v) is 12.0. The van der Waals surface area contributed by atoms with Gasteiger partial charge in [-0.05, 0) is 43.2 Å². The molecule has 0 aliphatic rings. The molecule has 2 N–H and O–H groups in total. The maximum Gasteiger partial charge on any atom is 0.134 e. The van der Waals surface area contributed by atoms with Gasteiger partial charge in [-0.25, -0.2) is 0 Å². The van der Waals surface area contributed by atoms with Crippen LogP contribution in [0.5, 0.6) is 5.75 Å². The molecule has 1 aromatic carbocycles. The monoisotopic (exact) mass is 281 g/mol. The number of nitrogens with one attached hydrogen (secondary N) is 1. The Kier molecular flexibility index (Phi) is 4.27. The standard InChI is InChI=1S/C14H16ClNOS/c1-9-5-12(18-10(9)2)8-16-7-11-3-4-14(17)13(15)6-11/h3-6,16-17H,7-8H2,1-2H3. The largest absolute Gasteiger partial charge is 0.506 e. The van der Waals surface area contributed by atoms with E-state index < -0.39 is 0 Å². The Balaban J connectivity index is 1.90. The second kappa shape index (κ2) is 5.74. The Labute approximate surface area is 116 Å². The van der Waals surface area contributed by atoms with Gasteiger partial charge in [-0.15, -0.1) is 11.3 Å². The first-order valence-electron chi connectivity index (χ1n) is 5.80. The third kappa shape index (κ3) is 3.25. The Bertz CT molecular complexity index is 531. The van der Waals surface area contributed by atoms with E-state index >= 15 is 0 Å². The summed E-state index contributed by atoms with van der Waals surface area (Å²) < 4.78 is 0. The molecule has 0 atom stereocenters. The van der Waals surface area contributed by atoms with Gasteiger partial charge in [0.2, 0.25) is 0 Å². The predicted molar refractivity (Wildman–Crippen MR) is 77.5 cm³/mol. The number of aryl methyl sites for hydroxylation is 2. The van der Waals surface area contributed by atoms with E-state index in [1.807, 2.05) is 17.4 Å². The summed E-state index contributed by atoms with van der Waals surface area (Å²) in [5, 5.41) is 13.1. The molecule has 2 nitrogen and oxygen atoms in total. The lowest BCUT2D eigenvalue weighted by Crippen LogP contribution is -2.11. The van der Waals surface area contributed by atoms with Crippen LogP contribution in [0.1, 0.15) is 20.9 Å². The number of hydrogen-bond acceptors (Lipinski definition) is 3. The first-order chi connectivity index (χ1) is 8.56. The minimum absolute atomic E-state index is 0.130. The van der Waals surface area contributed by atoms with E-state index in [1.165, 1.54) is 15.3 Å². The number of aromatic hydroxyl groups is 1. The predicted octanol–water partition coefficient (Wildman–Crippen LogP) is 4.01. The van der Waals surface area contributed by atoms with Crippen molar-refractivity contribution >= 4 is 22.9 Å². The molecule has 0 spiro atoms. The van der Waals surface area contributed by atoms with Gasteiger partial charge in [0.25, 0.3) is 0 Å². The quantitative estimate of drug-likeness (QED) is 0.887. The first kappa shape index (κ1) is 13.4. The number of phenols is 1. The molecule has 96 valence electrons. The molecule has 0 unspecified atom stereocenters. The van der Waals surface area contributed by atoms with E-state index in [2.05, 4.69) is 25.2 Å². The van der Waals surface area contributed by atoms with E-state index in [9.17, 15) is 5.11 Å². The number of thiophene rings is 1. The number of rotatable bonds is 4. The Hall–Kier alpha value is -1.03. The van der Waals surface area contributed by atoms with Crippen molar-refractivity contribution < 1.29 is 5.11 Å². The number of hydrogen-bond donors (Lipinski definition) is 2. The summed E-state index contributed by atoms with van der Waals surface area (Å²) in [5.74, 6) is 0.130. The van der Waals surface area contributed by atoms with Crippen molar-refractivity contribution in [1.29, 1.82) is 0 Å². The molecule has 0 saturated heterocycles. The van der Waals surface area contributed by atoms with Gasteiger partial charge in [0.1, 0.15) is 5.75 Å². The summed E-state index contributed by atoms with van der Waals surface area (Å²) in [4.78, 5) is 2.72. The molecule has 18 heavy (non-hydrogen) atoms. The maximum atomic E-state index is 9.33. The summed E-state index contributed by atoms with van der Waals surface area (Å²) in [5.41, 5.74) is 2.42. The van der Waals surface area contributed by atoms with Crippen molar-refractivity contribution in [2.45, 2.75) is 26.9 Å². The molecule has 1 heterocycles. The zero-order chi connectivity index (χ0) is 13.1. The molecular formula is C14H16ClNOS. The third-order valence-electron chi connectivity index (χ3n) is 2.86. The highest BCUT2D eigenvalue weighted by atomic mass is 35.5. The molecule has 4 heteroatoms. The summed E-state index contributed by atoms with van der Waals surface area (Å²) in [6.07, 6.45) is 0. The van der Waals surface area contributed by atoms with Gasteiger partial charge in [-0.1, -0.05) is 17.7 Å². The fourth-order valence-corrected chi connectivity index (χ4v) is 2.95. The van der Waals surface area contributed by atoms with Crippen LogP contribution < -0.4 is 5.32 Å². The fraction of sp³-hybridized carbons (Fsp3) is 0.286. The van der Waals surface area contributed by atoms with Gasteiger partial charge >= 0.3 is 0 Å². The van der Waals surface area contributed by atoms with Gasteiger partial charge in [0.15, 0.2) is 0 Å². The summed E-state index contributed by atoms with van der Waals surface area (Å²) >= 11 is 7.68. The minimum atomic E-state index is 0.130. The van der Waals surface area contributed by atoms with Gasteiger partial charge in [-0.2, -0.15) is 0 Å². The van der Waals surface area contributed by atoms with Crippen LogP contribution in [0.4, 0.5) is 0 Å². The van der Waals surface area contributed by atoms with E-state index in [1.54, 1.807) is 12.1 Å². The number of benzene rings is 1. The van der Waals surface area contributed by atoms with Gasteiger partial charge in [0, 0.05) is 22.8 Å². The van der Waals surface area contributed by atoms with Crippen LogP contribution in [-0.2, 0) is 13.1 Å². The average Bonchev–Trinajstić information content (AvgIpc) is 2.63. The van der Waals surface area contributed by atoms with Gasteiger partial charge in [-0.3, -0.25) is 0 Å². The molecule has 0 aliphatic heterocycles. The van der Waals surface area contributed by atoms with Crippen LogP contribution in [0, 0.1) is 13.8 Å². The topological polar surface area (TPSA) is 32.3 Å². The molecule has 2 rings (SSSR count). The van der Waals surface area contributed by atoms with E-state index in [0.29, 0.717) is 5.02 Å². The Morgan fingerprint density at radius 3 is 2.61 bits per heavy atom. The lowest BCUT2D eigenvalue weighted by atomic mass is 10.2. The molecule has 0 aliphatic carbocycles. The number of phenolic OH excluding ortho intramolecular Hbond substituents is 1. The molecule has 0 bridgehead atoms. The molecule has 0 amide bonds. The molecule has 2 aromatic rings. The summed E-state index contributed by atoms with van der Waals surface area (Å²) in [6, 6.07) is 7.50. The molecule has 0 radical (unpaired) electrons. The molecule has 0 saturated carbocycles. The van der Waals surface area contributed by atoms with Crippen molar-refractivity contribution in [2.24, 2.45) is 0 Å². The fourth-order valence-electron chi connectivity index (χ4n) is 1.73. The van der Waals surface area contributed by atoms with Crippen molar-refractivity contribution in [2.75, 3.05) is 0 Å². The minimum Gasteiger partial charge on any atom is -0.506 e. The maximum absolute atomic E-state index is 9.33. The third-order valence-corrected chi connectivity index (χ3v) is 4.31. The summed E-state index contributed by atoms with van der Waals surface area (Å²) in [6.45, 7) is 5.88. The van der Waals surface area contributed by atoms with Crippen molar-refractivity contribution in [3.05, 3.63) is 50.2 Å². The van der Waals surface area contributed by atoms with E-state index in [4.69, 9.17) is 11.6 Å². The second-order valence-corrected chi connectivity index (χ2v) is 6.09. The van der Waals surface area contributed by atoms with Crippen molar-refractivity contribution in [1.82, 2.24) is 5.32 Å². The number of halogens is 1. The SMILES string of the molecule is Cc1cc(CNCc2ccc(O)c(Cl)c2)sc1C. The van der Waals surface area contributed by atoms with Gasteiger partial charge < -0.3 is 10.4 Å². The van der Waals surface area contributed by atoms with Crippen LogP contribution in [0.2, 0.25) is 5.02 Å². The van der Waals surface area contributed by atoms with Crippen LogP contribution >= 0.6 is 22.9 Å². The van der Waals surface area contributed by atoms with Crippen LogP contribution in [0.25, 0.3) is 0 Å². The molecule has 0 fully saturated rings. The average molecular weight is 282 g/mol. The highest BCUT2D eigenvalue weighted by molar-refractivity contribution is 7.12. The lowest BCUT2D eigenvalue weighted by molar-refractivity contribution is 0.475. The normalized spacial score (nSPS) is 10.8. The van der Waals surface area contributed by atoms with Gasteiger partial charge in [0.05, 0.1) is 5.02 Å². The van der Waals surface area contributed by atoms with Crippen LogP contribution in [-0.4, -0.2) is 5.11 Å². The smallest absolute Gasteiger partial charge is 0.134 e. The van der Waals surface area contributed by atoms with Crippen LogP contribution in [0.3, 0.4) is 0 Å². The summed E-state index contributed by atoms with van der Waals surface area (Å²) in [7, 11) is 0. The highest BCUT2D eigenvalue weighted by Gasteiger charge is 2.02. The second-order valence-electron chi connectivity index (χ2n) is 4.34. The molecule has 1 aromatic heterocycles. The van der Waals surface area contributed by atoms with E-state index in [0.717, 1.165) is 18.7 Å². The van der Waals surface area contributed by atoms with Crippen molar-refractivity contribution in [3.8, 4) is 5.75 Å². The lowest BCUT2D eigenvalue weighted by Gasteiger charge is -2.05. The zero-order valence-electron chi connectivity index (χ0n) is 10.5. The Morgan fingerprint density at radius 1 is 1.22 bits per heavy atom. The van der Waals surface area contributed by atoms with E-state index in [-0.39, 0.29) is 5.75 Å². The first-order valence-corrected chi connectivity index (χ1v) is 6.99. The Morgan fingerprint density at radius 2 is 2.00 bits per heavy atom. The van der Waals surface area contributed by atoms with Crippen molar-refractivity contribution in [3.63, 3.8) is 0 Å².